The van der Waals surface area contributed by atoms with Crippen LogP contribution in [0.5, 0.6) is 11.5 Å². The zero-order valence-corrected chi connectivity index (χ0v) is 26.9. The van der Waals surface area contributed by atoms with Crippen LogP contribution in [0.15, 0.2) is 97.1 Å². The third kappa shape index (κ3) is 6.33. The molecule has 0 saturated heterocycles. The van der Waals surface area contributed by atoms with E-state index in [2.05, 4.69) is 0 Å². The van der Waals surface area contributed by atoms with Crippen molar-refractivity contribution in [1.29, 1.82) is 0 Å². The van der Waals surface area contributed by atoms with Gasteiger partial charge in [-0.1, -0.05) is 84.9 Å². The first kappa shape index (κ1) is 31.9. The summed E-state index contributed by atoms with van der Waals surface area (Å²) in [5, 5.41) is 4.96. The number of ether oxygens (including phenoxy) is 4. The molecule has 6 rings (SSSR count). The predicted octanol–water partition coefficient (Wildman–Crippen LogP) is 8.46. The number of carbonyl (C=O) groups excluding carboxylic acids is 4. The Labute approximate surface area is 276 Å². The minimum atomic E-state index is -0.487. The number of hydrogen-bond acceptors (Lipinski definition) is 8. The minimum Gasteiger partial charge on any atom is -0.461 e. The monoisotopic (exact) mass is 640 g/mol. The summed E-state index contributed by atoms with van der Waals surface area (Å²) in [7, 11) is 0. The van der Waals surface area contributed by atoms with E-state index in [0.29, 0.717) is 44.9 Å². The molecule has 0 unspecified atom stereocenters. The molecule has 0 amide bonds. The van der Waals surface area contributed by atoms with Crippen LogP contribution in [0.3, 0.4) is 0 Å². The summed E-state index contributed by atoms with van der Waals surface area (Å²) in [6, 6.07) is 30.4. The molecule has 0 N–H and O–H groups in total. The van der Waals surface area contributed by atoms with Crippen molar-refractivity contribution in [2.24, 2.45) is 0 Å². The Kier molecular flexibility index (Phi) is 8.90. The van der Waals surface area contributed by atoms with Gasteiger partial charge in [-0.05, 0) is 55.6 Å². The predicted molar refractivity (Wildman–Crippen MR) is 183 cm³/mol. The van der Waals surface area contributed by atoms with Crippen molar-refractivity contribution in [2.75, 3.05) is 0 Å². The van der Waals surface area contributed by atoms with Crippen LogP contribution in [0, 0.1) is 0 Å². The fourth-order valence-electron chi connectivity index (χ4n) is 6.18. The summed E-state index contributed by atoms with van der Waals surface area (Å²) >= 11 is 0. The summed E-state index contributed by atoms with van der Waals surface area (Å²) in [5.74, 6) is -1.18. The maximum absolute atomic E-state index is 12.4. The van der Waals surface area contributed by atoms with Crippen LogP contribution in [0.4, 0.5) is 0 Å². The Hall–Kier alpha value is -6.02. The number of hydrogen-bond donors (Lipinski definition) is 0. The maximum Gasteiger partial charge on any atom is 0.308 e. The standard InChI is InChI=1S/C40H32O8/c1-23(41)45-21-29-13-17-34-33(37(29)39-31-11-7-5-9-27(31)15-19-35(39)47-25(3)43)18-14-30(22-46-24(2)42)38(34)40-32-12-8-6-10-28(32)16-20-36(40)48-26(4)44/h5-20H,21-22H2,1-4H3. The first-order chi connectivity index (χ1) is 23.1. The molecule has 0 heterocycles. The van der Waals surface area contributed by atoms with Crippen LogP contribution in [0.25, 0.3) is 54.6 Å². The van der Waals surface area contributed by atoms with Crippen LogP contribution in [0.2, 0.25) is 0 Å². The van der Waals surface area contributed by atoms with E-state index in [9.17, 15) is 19.2 Å². The molecule has 8 heteroatoms. The van der Waals surface area contributed by atoms with E-state index in [-0.39, 0.29) is 13.2 Å². The molecule has 0 radical (unpaired) electrons. The average molecular weight is 641 g/mol. The number of benzene rings is 6. The number of esters is 4. The minimum absolute atomic E-state index is 0.0408. The van der Waals surface area contributed by atoms with E-state index < -0.39 is 23.9 Å². The summed E-state index contributed by atoms with van der Waals surface area (Å²) in [5.41, 5.74) is 4.03. The topological polar surface area (TPSA) is 105 Å². The SMILES string of the molecule is CC(=O)OCc1ccc2c(-c3c(OC(C)=O)ccc4ccccc34)c(COC(C)=O)ccc2c1-c1c(OC(C)=O)ccc2ccccc12. The van der Waals surface area contributed by atoms with Gasteiger partial charge < -0.3 is 18.9 Å². The first-order valence-electron chi connectivity index (χ1n) is 15.4. The Morgan fingerprint density at radius 2 is 0.812 bits per heavy atom. The van der Waals surface area contributed by atoms with Crippen molar-refractivity contribution in [1.82, 2.24) is 0 Å². The average Bonchev–Trinajstić information content (AvgIpc) is 3.05. The Bertz CT molecular complexity index is 2110. The van der Waals surface area contributed by atoms with Crippen LogP contribution in [0.1, 0.15) is 38.8 Å². The summed E-state index contributed by atoms with van der Waals surface area (Å²) in [6.45, 7) is 5.30. The van der Waals surface area contributed by atoms with E-state index >= 15 is 0 Å². The van der Waals surface area contributed by atoms with Crippen molar-refractivity contribution in [2.45, 2.75) is 40.9 Å². The summed E-state index contributed by atoms with van der Waals surface area (Å²) in [4.78, 5) is 48.8. The molecule has 0 aliphatic heterocycles. The van der Waals surface area contributed by atoms with Gasteiger partial charge in [-0.15, -0.1) is 0 Å². The highest BCUT2D eigenvalue weighted by atomic mass is 16.5. The van der Waals surface area contributed by atoms with Crippen molar-refractivity contribution in [3.8, 4) is 33.8 Å². The van der Waals surface area contributed by atoms with Gasteiger partial charge in [0.05, 0.1) is 0 Å². The normalized spacial score (nSPS) is 11.0. The third-order valence-electron chi connectivity index (χ3n) is 8.02. The lowest BCUT2D eigenvalue weighted by Gasteiger charge is -2.22. The second-order valence-electron chi connectivity index (χ2n) is 11.4. The highest BCUT2D eigenvalue weighted by Gasteiger charge is 2.24. The lowest BCUT2D eigenvalue weighted by molar-refractivity contribution is -0.143. The lowest BCUT2D eigenvalue weighted by Crippen LogP contribution is -2.07. The van der Waals surface area contributed by atoms with Gasteiger partial charge in [0, 0.05) is 49.9 Å². The van der Waals surface area contributed by atoms with E-state index in [4.69, 9.17) is 18.9 Å². The van der Waals surface area contributed by atoms with Crippen molar-refractivity contribution >= 4 is 56.2 Å². The molecule has 0 aliphatic carbocycles. The molecular formula is C40H32O8. The first-order valence-corrected chi connectivity index (χ1v) is 15.4. The molecule has 0 spiro atoms. The molecule has 0 atom stereocenters. The van der Waals surface area contributed by atoms with E-state index in [1.807, 2.05) is 84.9 Å². The molecule has 6 aromatic rings. The zero-order chi connectivity index (χ0) is 33.9. The molecule has 0 aliphatic rings. The smallest absolute Gasteiger partial charge is 0.308 e. The van der Waals surface area contributed by atoms with Gasteiger partial charge in [0.1, 0.15) is 24.7 Å². The van der Waals surface area contributed by atoms with Crippen LogP contribution >= 0.6 is 0 Å². The van der Waals surface area contributed by atoms with Crippen LogP contribution in [-0.4, -0.2) is 23.9 Å². The zero-order valence-electron chi connectivity index (χ0n) is 26.9. The second kappa shape index (κ2) is 13.4. The summed E-state index contributed by atoms with van der Waals surface area (Å²) < 4.78 is 22.7. The highest BCUT2D eigenvalue weighted by molar-refractivity contribution is 6.15. The molecule has 0 saturated carbocycles. The number of fused-ring (bicyclic) bond motifs is 3. The molecule has 0 bridgehead atoms. The molecule has 0 fully saturated rings. The van der Waals surface area contributed by atoms with Gasteiger partial charge in [0.25, 0.3) is 0 Å². The Morgan fingerprint density at radius 3 is 1.19 bits per heavy atom. The van der Waals surface area contributed by atoms with Crippen LogP contribution < -0.4 is 9.47 Å². The largest absolute Gasteiger partial charge is 0.461 e. The van der Waals surface area contributed by atoms with E-state index in [1.165, 1.54) is 27.7 Å². The van der Waals surface area contributed by atoms with Crippen molar-refractivity contribution < 1.29 is 38.1 Å². The molecule has 240 valence electrons. The fraction of sp³-hybridized carbons (Fsp3) is 0.150. The summed E-state index contributed by atoms with van der Waals surface area (Å²) in [6.07, 6.45) is 0. The number of rotatable bonds is 8. The molecule has 6 aromatic carbocycles. The Balaban J connectivity index is 1.79. The molecule has 48 heavy (non-hydrogen) atoms. The van der Waals surface area contributed by atoms with Gasteiger partial charge in [-0.3, -0.25) is 19.2 Å². The lowest BCUT2D eigenvalue weighted by atomic mass is 9.84. The van der Waals surface area contributed by atoms with Gasteiger partial charge in [-0.2, -0.15) is 0 Å². The second-order valence-corrected chi connectivity index (χ2v) is 11.4. The van der Waals surface area contributed by atoms with E-state index in [0.717, 1.165) is 32.3 Å². The quantitative estimate of drug-likeness (QED) is 0.121. The molecular weight excluding hydrogens is 608 g/mol. The maximum atomic E-state index is 12.4. The highest BCUT2D eigenvalue weighted by Crippen LogP contribution is 2.48. The van der Waals surface area contributed by atoms with Gasteiger partial charge in [0.2, 0.25) is 0 Å². The fourth-order valence-corrected chi connectivity index (χ4v) is 6.18. The Morgan fingerprint density at radius 1 is 0.417 bits per heavy atom. The number of carbonyl (C=O) groups is 4. The molecule has 0 aromatic heterocycles. The van der Waals surface area contributed by atoms with Gasteiger partial charge in [-0.25, -0.2) is 0 Å². The van der Waals surface area contributed by atoms with Crippen LogP contribution in [-0.2, 0) is 41.9 Å². The van der Waals surface area contributed by atoms with Gasteiger partial charge in [0.15, 0.2) is 0 Å². The van der Waals surface area contributed by atoms with Crippen molar-refractivity contribution in [3.05, 3.63) is 108 Å². The van der Waals surface area contributed by atoms with Crippen molar-refractivity contribution in [3.63, 3.8) is 0 Å². The molecule has 8 nitrogen and oxygen atoms in total. The van der Waals surface area contributed by atoms with Gasteiger partial charge >= 0.3 is 23.9 Å². The third-order valence-corrected chi connectivity index (χ3v) is 8.02. The van der Waals surface area contributed by atoms with E-state index in [1.54, 1.807) is 12.1 Å².